The minimum absolute atomic E-state index is 0.622. The molecule has 6 heterocycles. The molecule has 28 rings (SSSR count). The SMILES string of the molecule is c1ccc(-c2nc(-c3ccccc3)nc(-c3cc(-c4ccc5c(c4)c4cc6c7ccccc7n(-c7ccccc7)c6cc4n5-c4ccccc4)cc4c5ccccc5c5ccccc5c34)n2)cc1.c1ccc(-c2nc(-c3ccccc3)nc(-c3cc(-c4cccc5c4c4c6c7ccccc7n(-c7ccccc7)c6ccc4n5-c4ccccc4)cc4c5ccccc5c5ccccc5c34)n2)cc1. The monoisotopic (exact) mass is 1730 g/mol. The van der Waals surface area contributed by atoms with E-state index in [1.807, 2.05) is 72.8 Å². The normalized spacial score (nSPS) is 11.8. The molecule has 0 unspecified atom stereocenters. The molecular formula is C126H78N10. The molecule has 0 aliphatic heterocycles. The van der Waals surface area contributed by atoms with Gasteiger partial charge in [0, 0.05) is 110 Å². The zero-order valence-corrected chi connectivity index (χ0v) is 73.5. The number of hydrogen-bond donors (Lipinski definition) is 0. The zero-order valence-electron chi connectivity index (χ0n) is 73.5. The van der Waals surface area contributed by atoms with E-state index in [0.717, 1.165) is 138 Å². The number of nitrogens with zero attached hydrogens (tertiary/aromatic N) is 10. The van der Waals surface area contributed by atoms with Gasteiger partial charge in [-0.25, -0.2) is 29.9 Å². The third kappa shape index (κ3) is 12.6. The van der Waals surface area contributed by atoms with E-state index in [9.17, 15) is 0 Å². The molecule has 136 heavy (non-hydrogen) atoms. The van der Waals surface area contributed by atoms with Crippen LogP contribution in [0.1, 0.15) is 0 Å². The van der Waals surface area contributed by atoms with Gasteiger partial charge in [-0.15, -0.1) is 0 Å². The molecule has 0 bridgehead atoms. The molecule has 0 N–H and O–H groups in total. The van der Waals surface area contributed by atoms with Crippen LogP contribution in [-0.2, 0) is 0 Å². The van der Waals surface area contributed by atoms with E-state index >= 15 is 0 Å². The van der Waals surface area contributed by atoms with Crippen LogP contribution >= 0.6 is 0 Å². The van der Waals surface area contributed by atoms with Gasteiger partial charge >= 0.3 is 0 Å². The van der Waals surface area contributed by atoms with Crippen LogP contribution in [0, 0.1) is 0 Å². The molecule has 0 saturated heterocycles. The fourth-order valence-electron chi connectivity index (χ4n) is 21.5. The van der Waals surface area contributed by atoms with Gasteiger partial charge in [0.25, 0.3) is 0 Å². The minimum Gasteiger partial charge on any atom is -0.309 e. The molecule has 0 fully saturated rings. The number of rotatable bonds is 12. The first-order valence-corrected chi connectivity index (χ1v) is 46.2. The summed E-state index contributed by atoms with van der Waals surface area (Å²) in [5.74, 6) is 3.77. The third-order valence-electron chi connectivity index (χ3n) is 27.4. The van der Waals surface area contributed by atoms with E-state index in [1.54, 1.807) is 0 Å². The highest BCUT2D eigenvalue weighted by molar-refractivity contribution is 6.34. The highest BCUT2D eigenvalue weighted by atomic mass is 15.1. The topological polar surface area (TPSA) is 97.1 Å². The highest BCUT2D eigenvalue weighted by Gasteiger charge is 2.29. The Morgan fingerprint density at radius 2 is 0.397 bits per heavy atom. The molecule has 0 saturated carbocycles. The standard InChI is InChI=1S/2C63H39N5/c1-5-20-40(21-6-1)61-64-62(41-22-7-2-8-23-41)66-63(65-61)52-39-42(38-51-48-30-14-13-28-46(48)47-29-15-16-31-49(47)57(51)52)45-33-19-35-54-58(45)60-56(68(54)44-26-11-4-12-27-44)37-36-55-59(60)50-32-17-18-34-53(50)67(55)43-24-9-3-10-25-43;1-5-19-40(20-6-1)61-64-62(41-21-7-2-8-22-41)66-63(65-61)55-37-43(36-54-48-29-14-13-27-46(48)47-28-15-16-31-50(47)60(54)55)42-33-34-57-51(35-42)53-38-52-49-30-17-18-32-56(49)67(44-23-9-3-10-24-44)58(52)39-59(53)68(57)45-25-11-4-12-26-45/h2*1-39H. The first-order valence-electron chi connectivity index (χ1n) is 46.2. The Hall–Kier alpha value is -18.4. The second-order valence-corrected chi connectivity index (χ2v) is 35.0. The van der Waals surface area contributed by atoms with Gasteiger partial charge in [-0.2, -0.15) is 0 Å². The maximum Gasteiger partial charge on any atom is 0.164 e. The number of hydrogen-bond acceptors (Lipinski definition) is 6. The van der Waals surface area contributed by atoms with E-state index in [2.05, 4.69) is 419 Å². The summed E-state index contributed by atoms with van der Waals surface area (Å²) < 4.78 is 9.69. The summed E-state index contributed by atoms with van der Waals surface area (Å²) in [5, 5.41) is 23.7. The van der Waals surface area contributed by atoms with Crippen LogP contribution in [0.5, 0.6) is 0 Å². The van der Waals surface area contributed by atoms with E-state index in [0.29, 0.717) is 34.9 Å². The molecule has 0 aliphatic carbocycles. The van der Waals surface area contributed by atoms with Crippen molar-refractivity contribution in [2.45, 2.75) is 0 Å². The molecule has 28 aromatic rings. The summed E-state index contributed by atoms with van der Waals surface area (Å²) in [6, 6.07) is 169. The first-order chi connectivity index (χ1) is 67.5. The molecule has 6 aromatic heterocycles. The Balaban J connectivity index is 0.000000138. The number of aromatic nitrogens is 10. The van der Waals surface area contributed by atoms with Gasteiger partial charge < -0.3 is 18.3 Å². The third-order valence-corrected chi connectivity index (χ3v) is 27.4. The molecule has 0 spiro atoms. The molecule has 0 atom stereocenters. The molecular weight excluding hydrogens is 1650 g/mol. The van der Waals surface area contributed by atoms with Crippen molar-refractivity contribution in [1.82, 2.24) is 48.2 Å². The largest absolute Gasteiger partial charge is 0.309 e. The van der Waals surface area contributed by atoms with Crippen molar-refractivity contribution in [1.29, 1.82) is 0 Å². The van der Waals surface area contributed by atoms with E-state index in [-0.39, 0.29) is 0 Å². The summed E-state index contributed by atoms with van der Waals surface area (Å²) in [6.07, 6.45) is 0. The van der Waals surface area contributed by atoms with Crippen molar-refractivity contribution in [2.75, 3.05) is 0 Å². The van der Waals surface area contributed by atoms with Crippen LogP contribution in [-0.4, -0.2) is 48.2 Å². The average molecular weight is 1730 g/mol. The Bertz CT molecular complexity index is 9580. The summed E-state index contributed by atoms with van der Waals surface area (Å²) >= 11 is 0. The predicted octanol–water partition coefficient (Wildman–Crippen LogP) is 32.4. The molecule has 0 amide bonds. The summed E-state index contributed by atoms with van der Waals surface area (Å²) in [7, 11) is 0. The van der Waals surface area contributed by atoms with Crippen LogP contribution < -0.4 is 0 Å². The second-order valence-electron chi connectivity index (χ2n) is 35.0. The van der Waals surface area contributed by atoms with Crippen LogP contribution in [0.2, 0.25) is 0 Å². The van der Waals surface area contributed by atoms with Crippen LogP contribution in [0.3, 0.4) is 0 Å². The quantitative estimate of drug-likeness (QED) is 0.113. The van der Waals surface area contributed by atoms with Crippen LogP contribution in [0.15, 0.2) is 473 Å². The van der Waals surface area contributed by atoms with Gasteiger partial charge in [0.15, 0.2) is 34.9 Å². The van der Waals surface area contributed by atoms with Gasteiger partial charge in [0.05, 0.1) is 44.1 Å². The number of fused-ring (bicyclic) bond motifs is 25. The van der Waals surface area contributed by atoms with Gasteiger partial charge in [-0.05, 0) is 204 Å². The Kier molecular flexibility index (Phi) is 18.1. The number of para-hydroxylation sites is 6. The number of benzene rings is 22. The zero-order chi connectivity index (χ0) is 89.4. The van der Waals surface area contributed by atoms with Crippen LogP contribution in [0.25, 0.3) is 265 Å². The Morgan fingerprint density at radius 3 is 0.838 bits per heavy atom. The van der Waals surface area contributed by atoms with Crippen molar-refractivity contribution in [3.63, 3.8) is 0 Å². The highest BCUT2D eigenvalue weighted by Crippen LogP contribution is 2.51. The first kappa shape index (κ1) is 77.6. The van der Waals surface area contributed by atoms with Crippen LogP contribution in [0.4, 0.5) is 0 Å². The molecule has 0 radical (unpaired) electrons. The summed E-state index contributed by atoms with van der Waals surface area (Å²) in [4.78, 5) is 31.7. The lowest BCUT2D eigenvalue weighted by atomic mass is 9.87. The van der Waals surface area contributed by atoms with Crippen molar-refractivity contribution in [3.8, 4) is 113 Å². The fraction of sp³-hybridized carbons (Fsp3) is 0. The fourth-order valence-corrected chi connectivity index (χ4v) is 21.5. The Labute approximate surface area is 781 Å². The van der Waals surface area contributed by atoms with Crippen molar-refractivity contribution in [3.05, 3.63) is 473 Å². The lowest BCUT2D eigenvalue weighted by Gasteiger charge is -2.17. The Morgan fingerprint density at radius 1 is 0.118 bits per heavy atom. The maximum absolute atomic E-state index is 5.40. The smallest absolute Gasteiger partial charge is 0.164 e. The van der Waals surface area contributed by atoms with E-state index < -0.39 is 0 Å². The molecule has 10 heteroatoms. The van der Waals surface area contributed by atoms with Crippen molar-refractivity contribution >= 4 is 152 Å². The van der Waals surface area contributed by atoms with Gasteiger partial charge in [-0.1, -0.05) is 346 Å². The van der Waals surface area contributed by atoms with E-state index in [1.165, 1.54) is 92.0 Å². The van der Waals surface area contributed by atoms with Crippen molar-refractivity contribution < 1.29 is 0 Å². The summed E-state index contributed by atoms with van der Waals surface area (Å²) in [5.41, 5.74) is 23.8. The molecule has 0 aliphatic rings. The van der Waals surface area contributed by atoms with Gasteiger partial charge in [-0.3, -0.25) is 0 Å². The van der Waals surface area contributed by atoms with Gasteiger partial charge in [0.1, 0.15) is 0 Å². The lowest BCUT2D eigenvalue weighted by Crippen LogP contribution is -2.01. The molecule has 22 aromatic carbocycles. The summed E-state index contributed by atoms with van der Waals surface area (Å²) in [6.45, 7) is 0. The van der Waals surface area contributed by atoms with Crippen molar-refractivity contribution in [2.24, 2.45) is 0 Å². The molecule has 632 valence electrons. The average Bonchev–Trinajstić information content (AvgIpc) is 1.53. The predicted molar refractivity (Wildman–Crippen MR) is 566 cm³/mol. The van der Waals surface area contributed by atoms with E-state index in [4.69, 9.17) is 29.9 Å². The lowest BCUT2D eigenvalue weighted by molar-refractivity contribution is 1.08. The minimum atomic E-state index is 0.622. The second kappa shape index (κ2) is 31.7. The molecule has 10 nitrogen and oxygen atoms in total. The maximum atomic E-state index is 5.40. The van der Waals surface area contributed by atoms with Gasteiger partial charge in [0.2, 0.25) is 0 Å².